The molecule has 0 saturated carbocycles. The third-order valence-electron chi connectivity index (χ3n) is 3.68. The Kier molecular flexibility index (Phi) is 5.32. The number of hydrogen-bond donors (Lipinski definition) is 1. The van der Waals surface area contributed by atoms with Gasteiger partial charge in [-0.3, -0.25) is 4.79 Å². The first kappa shape index (κ1) is 18.1. The SMILES string of the molecule is Cc1cc(C)n(-c2cc(SCC(=O)Nc3cc(F)ccc3C)ncn2)n1. The van der Waals surface area contributed by atoms with E-state index in [-0.39, 0.29) is 17.5 Å². The van der Waals surface area contributed by atoms with Gasteiger partial charge in [0.25, 0.3) is 0 Å². The lowest BCUT2D eigenvalue weighted by molar-refractivity contribution is -0.113. The van der Waals surface area contributed by atoms with E-state index in [1.165, 1.54) is 30.2 Å². The van der Waals surface area contributed by atoms with Gasteiger partial charge in [-0.2, -0.15) is 5.10 Å². The molecule has 0 fully saturated rings. The first-order valence-electron chi connectivity index (χ1n) is 7.97. The molecule has 6 nitrogen and oxygen atoms in total. The van der Waals surface area contributed by atoms with Crippen molar-refractivity contribution >= 4 is 23.4 Å². The Bertz CT molecular complexity index is 957. The second-order valence-corrected chi connectivity index (χ2v) is 6.85. The summed E-state index contributed by atoms with van der Waals surface area (Å²) in [6.07, 6.45) is 1.45. The number of nitrogens with one attached hydrogen (secondary N) is 1. The number of hydrogen-bond acceptors (Lipinski definition) is 5. The van der Waals surface area contributed by atoms with Crippen LogP contribution in [0.2, 0.25) is 0 Å². The zero-order chi connectivity index (χ0) is 18.7. The number of thioether (sulfide) groups is 1. The largest absolute Gasteiger partial charge is 0.325 e. The first-order chi connectivity index (χ1) is 12.4. The summed E-state index contributed by atoms with van der Waals surface area (Å²) in [6.45, 7) is 5.68. The van der Waals surface area contributed by atoms with E-state index in [0.717, 1.165) is 17.0 Å². The van der Waals surface area contributed by atoms with Gasteiger partial charge in [0.1, 0.15) is 17.2 Å². The molecule has 0 aliphatic heterocycles. The molecule has 3 aromatic rings. The Morgan fingerprint density at radius 3 is 2.73 bits per heavy atom. The normalized spacial score (nSPS) is 10.8. The molecule has 8 heteroatoms. The van der Waals surface area contributed by atoms with Crippen LogP contribution in [-0.4, -0.2) is 31.4 Å². The summed E-state index contributed by atoms with van der Waals surface area (Å²) in [6, 6.07) is 8.04. The highest BCUT2D eigenvalue weighted by Gasteiger charge is 2.10. The number of aromatic nitrogens is 4. The molecule has 0 spiro atoms. The minimum absolute atomic E-state index is 0.156. The number of carbonyl (C=O) groups is 1. The Balaban J connectivity index is 1.66. The topological polar surface area (TPSA) is 72.7 Å². The minimum Gasteiger partial charge on any atom is -0.325 e. The van der Waals surface area contributed by atoms with Crippen LogP contribution in [0.25, 0.3) is 5.82 Å². The average molecular weight is 371 g/mol. The Morgan fingerprint density at radius 1 is 1.19 bits per heavy atom. The van der Waals surface area contributed by atoms with Gasteiger partial charge in [-0.15, -0.1) is 0 Å². The highest BCUT2D eigenvalue weighted by Crippen LogP contribution is 2.20. The summed E-state index contributed by atoms with van der Waals surface area (Å²) in [7, 11) is 0. The lowest BCUT2D eigenvalue weighted by Crippen LogP contribution is -2.15. The fourth-order valence-corrected chi connectivity index (χ4v) is 3.10. The van der Waals surface area contributed by atoms with Crippen molar-refractivity contribution in [2.75, 3.05) is 11.1 Å². The van der Waals surface area contributed by atoms with Crippen molar-refractivity contribution in [1.82, 2.24) is 19.7 Å². The summed E-state index contributed by atoms with van der Waals surface area (Å²) in [5.74, 6) is 0.192. The van der Waals surface area contributed by atoms with Gasteiger partial charge < -0.3 is 5.32 Å². The summed E-state index contributed by atoms with van der Waals surface area (Å²) < 4.78 is 15.0. The van der Waals surface area contributed by atoms with Gasteiger partial charge >= 0.3 is 0 Å². The molecule has 1 amide bonds. The molecular formula is C18H18FN5OS. The summed E-state index contributed by atoms with van der Waals surface area (Å²) in [4.78, 5) is 20.6. The fraction of sp³-hybridized carbons (Fsp3) is 0.222. The van der Waals surface area contributed by atoms with Crippen molar-refractivity contribution in [1.29, 1.82) is 0 Å². The van der Waals surface area contributed by atoms with Gasteiger partial charge in [-0.05, 0) is 44.5 Å². The predicted molar refractivity (Wildman–Crippen MR) is 99.1 cm³/mol. The van der Waals surface area contributed by atoms with Crippen LogP contribution in [0.3, 0.4) is 0 Å². The molecule has 1 aromatic carbocycles. The lowest BCUT2D eigenvalue weighted by atomic mass is 10.2. The highest BCUT2D eigenvalue weighted by atomic mass is 32.2. The van der Waals surface area contributed by atoms with Crippen molar-refractivity contribution in [2.24, 2.45) is 0 Å². The van der Waals surface area contributed by atoms with Gasteiger partial charge in [0.15, 0.2) is 5.82 Å². The number of nitrogens with zero attached hydrogens (tertiary/aromatic N) is 4. The molecule has 0 saturated heterocycles. The molecule has 2 aromatic heterocycles. The molecule has 0 unspecified atom stereocenters. The summed E-state index contributed by atoms with van der Waals surface area (Å²) in [5.41, 5.74) is 3.15. The van der Waals surface area contributed by atoms with E-state index in [2.05, 4.69) is 20.4 Å². The standard InChI is InChI=1S/C18H18FN5OS/c1-11-4-5-14(19)7-15(11)22-17(25)9-26-18-8-16(20-10-21-18)24-13(3)6-12(2)23-24/h4-8,10H,9H2,1-3H3,(H,22,25). The maximum atomic E-state index is 13.3. The van der Waals surface area contributed by atoms with Crippen LogP contribution in [0.4, 0.5) is 10.1 Å². The Labute approximate surface area is 154 Å². The van der Waals surface area contributed by atoms with Crippen LogP contribution in [-0.2, 0) is 4.79 Å². The van der Waals surface area contributed by atoms with E-state index in [0.29, 0.717) is 16.5 Å². The molecule has 0 aliphatic carbocycles. The first-order valence-corrected chi connectivity index (χ1v) is 8.95. The zero-order valence-electron chi connectivity index (χ0n) is 14.7. The van der Waals surface area contributed by atoms with Crippen LogP contribution in [0.1, 0.15) is 17.0 Å². The number of anilines is 1. The zero-order valence-corrected chi connectivity index (χ0v) is 15.5. The number of rotatable bonds is 5. The summed E-state index contributed by atoms with van der Waals surface area (Å²) >= 11 is 1.28. The monoisotopic (exact) mass is 371 g/mol. The van der Waals surface area contributed by atoms with Crippen molar-refractivity contribution in [2.45, 2.75) is 25.8 Å². The van der Waals surface area contributed by atoms with Crippen molar-refractivity contribution in [3.05, 3.63) is 59.4 Å². The van der Waals surface area contributed by atoms with Crippen LogP contribution < -0.4 is 5.32 Å². The van der Waals surface area contributed by atoms with E-state index in [4.69, 9.17) is 0 Å². The Hall–Kier alpha value is -2.74. The predicted octanol–water partition coefficient (Wildman–Crippen LogP) is 3.46. The van der Waals surface area contributed by atoms with E-state index in [9.17, 15) is 9.18 Å². The maximum absolute atomic E-state index is 13.3. The summed E-state index contributed by atoms with van der Waals surface area (Å²) in [5, 5.41) is 7.77. The van der Waals surface area contributed by atoms with Crippen molar-refractivity contribution < 1.29 is 9.18 Å². The fourth-order valence-electron chi connectivity index (χ4n) is 2.44. The van der Waals surface area contributed by atoms with Gasteiger partial charge in [-0.1, -0.05) is 17.8 Å². The molecule has 0 atom stereocenters. The van der Waals surface area contributed by atoms with E-state index < -0.39 is 0 Å². The highest BCUT2D eigenvalue weighted by molar-refractivity contribution is 7.99. The van der Waals surface area contributed by atoms with E-state index in [1.54, 1.807) is 16.8 Å². The van der Waals surface area contributed by atoms with Crippen molar-refractivity contribution in [3.8, 4) is 5.82 Å². The quantitative estimate of drug-likeness (QED) is 0.549. The number of aryl methyl sites for hydroxylation is 3. The number of carbonyl (C=O) groups excluding carboxylic acids is 1. The Morgan fingerprint density at radius 2 is 2.00 bits per heavy atom. The molecule has 1 N–H and O–H groups in total. The molecule has 3 rings (SSSR count). The molecule has 0 aliphatic rings. The molecule has 26 heavy (non-hydrogen) atoms. The van der Waals surface area contributed by atoms with Gasteiger partial charge in [-0.25, -0.2) is 19.0 Å². The van der Waals surface area contributed by atoms with Crippen LogP contribution in [0.5, 0.6) is 0 Å². The third-order valence-corrected chi connectivity index (χ3v) is 4.60. The number of benzene rings is 1. The molecule has 2 heterocycles. The second kappa shape index (κ2) is 7.65. The molecular weight excluding hydrogens is 353 g/mol. The van der Waals surface area contributed by atoms with Crippen LogP contribution >= 0.6 is 11.8 Å². The van der Waals surface area contributed by atoms with Gasteiger partial charge in [0, 0.05) is 17.4 Å². The van der Waals surface area contributed by atoms with Crippen LogP contribution in [0, 0.1) is 26.6 Å². The molecule has 134 valence electrons. The van der Waals surface area contributed by atoms with Crippen molar-refractivity contribution in [3.63, 3.8) is 0 Å². The number of amides is 1. The van der Waals surface area contributed by atoms with E-state index in [1.807, 2.05) is 26.8 Å². The van der Waals surface area contributed by atoms with Gasteiger partial charge in [0.05, 0.1) is 11.4 Å². The number of halogens is 1. The van der Waals surface area contributed by atoms with E-state index >= 15 is 0 Å². The second-order valence-electron chi connectivity index (χ2n) is 5.85. The van der Waals surface area contributed by atoms with Gasteiger partial charge in [0.2, 0.25) is 5.91 Å². The third kappa shape index (κ3) is 4.26. The smallest absolute Gasteiger partial charge is 0.234 e. The molecule has 0 radical (unpaired) electrons. The maximum Gasteiger partial charge on any atom is 0.234 e. The molecule has 0 bridgehead atoms. The minimum atomic E-state index is -0.385. The average Bonchev–Trinajstić information content (AvgIpc) is 2.95. The van der Waals surface area contributed by atoms with Crippen LogP contribution in [0.15, 0.2) is 41.7 Å². The lowest BCUT2D eigenvalue weighted by Gasteiger charge is -2.08.